The van der Waals surface area contributed by atoms with E-state index in [0.29, 0.717) is 38.0 Å². The van der Waals surface area contributed by atoms with Crippen LogP contribution in [-0.2, 0) is 29.1 Å². The van der Waals surface area contributed by atoms with Crippen molar-refractivity contribution in [2.75, 3.05) is 26.8 Å². The number of rotatable bonds is 6. The molecule has 2 aliphatic rings. The van der Waals surface area contributed by atoms with Crippen LogP contribution in [-0.4, -0.2) is 68.3 Å². The minimum absolute atomic E-state index is 0.0479. The lowest BCUT2D eigenvalue weighted by atomic mass is 10.2. The molecule has 1 aromatic rings. The standard InChI is InChI=1S/C18H22N2O7S/c1-26-13-6-8-14(9-7-13)28(24,25)20-11-2-4-15(20)18(23)27-12-17(22)19-10-3-5-16(19)21/h6-9,15H,2-5,10-12H2,1H3/t15-/m0/s1. The molecule has 0 aliphatic carbocycles. The van der Waals surface area contributed by atoms with Gasteiger partial charge in [-0.05, 0) is 43.5 Å². The smallest absolute Gasteiger partial charge is 0.324 e. The predicted molar refractivity (Wildman–Crippen MR) is 96.8 cm³/mol. The molecule has 9 nitrogen and oxygen atoms in total. The topological polar surface area (TPSA) is 110 Å². The van der Waals surface area contributed by atoms with Gasteiger partial charge in [0.1, 0.15) is 11.8 Å². The van der Waals surface area contributed by atoms with Gasteiger partial charge >= 0.3 is 5.97 Å². The lowest BCUT2D eigenvalue weighted by Gasteiger charge is -2.23. The number of carbonyl (C=O) groups is 3. The first kappa shape index (κ1) is 20.3. The van der Waals surface area contributed by atoms with Gasteiger partial charge in [-0.25, -0.2) is 8.42 Å². The Hall–Kier alpha value is -2.46. The Morgan fingerprint density at radius 1 is 1.14 bits per heavy atom. The van der Waals surface area contributed by atoms with Crippen LogP contribution in [0.1, 0.15) is 25.7 Å². The van der Waals surface area contributed by atoms with Gasteiger partial charge in [0.25, 0.3) is 5.91 Å². The molecule has 0 spiro atoms. The van der Waals surface area contributed by atoms with Crippen molar-refractivity contribution in [2.45, 2.75) is 36.6 Å². The average Bonchev–Trinajstić information content (AvgIpc) is 3.35. The maximum Gasteiger partial charge on any atom is 0.324 e. The van der Waals surface area contributed by atoms with Gasteiger partial charge in [-0.2, -0.15) is 4.31 Å². The molecule has 0 aromatic heterocycles. The second-order valence-electron chi connectivity index (χ2n) is 6.60. The summed E-state index contributed by atoms with van der Waals surface area (Å²) in [6.45, 7) is -0.0686. The van der Waals surface area contributed by atoms with Crippen molar-refractivity contribution >= 4 is 27.8 Å². The summed E-state index contributed by atoms with van der Waals surface area (Å²) in [6.07, 6.45) is 1.71. The summed E-state index contributed by atoms with van der Waals surface area (Å²) in [5, 5.41) is 0. The first-order valence-corrected chi connectivity index (χ1v) is 10.4. The third-order valence-corrected chi connectivity index (χ3v) is 6.78. The van der Waals surface area contributed by atoms with Crippen LogP contribution in [0.25, 0.3) is 0 Å². The van der Waals surface area contributed by atoms with Crippen molar-refractivity contribution in [3.63, 3.8) is 0 Å². The van der Waals surface area contributed by atoms with E-state index in [0.717, 1.165) is 9.21 Å². The second kappa shape index (κ2) is 8.27. The zero-order valence-corrected chi connectivity index (χ0v) is 16.3. The Balaban J connectivity index is 1.66. The summed E-state index contributed by atoms with van der Waals surface area (Å²) < 4.78 is 37.0. The molecule has 2 saturated heterocycles. The Labute approximate surface area is 163 Å². The Morgan fingerprint density at radius 2 is 1.86 bits per heavy atom. The monoisotopic (exact) mass is 410 g/mol. The second-order valence-corrected chi connectivity index (χ2v) is 8.49. The summed E-state index contributed by atoms with van der Waals surface area (Å²) in [5.74, 6) is -1.13. The summed E-state index contributed by atoms with van der Waals surface area (Å²) in [5.41, 5.74) is 0. The van der Waals surface area contributed by atoms with E-state index in [2.05, 4.69) is 0 Å². The zero-order chi connectivity index (χ0) is 20.3. The van der Waals surface area contributed by atoms with Crippen LogP contribution in [0.5, 0.6) is 5.75 Å². The highest BCUT2D eigenvalue weighted by Gasteiger charge is 2.41. The summed E-state index contributed by atoms with van der Waals surface area (Å²) in [7, 11) is -2.41. The number of nitrogens with zero attached hydrogens (tertiary/aromatic N) is 2. The number of imide groups is 1. The maximum atomic E-state index is 12.9. The van der Waals surface area contributed by atoms with Gasteiger partial charge in [-0.1, -0.05) is 0 Å². The molecule has 0 bridgehead atoms. The maximum absolute atomic E-state index is 12.9. The van der Waals surface area contributed by atoms with Gasteiger partial charge in [0.05, 0.1) is 12.0 Å². The molecular weight excluding hydrogens is 388 g/mol. The fourth-order valence-electron chi connectivity index (χ4n) is 3.37. The van der Waals surface area contributed by atoms with Crippen LogP contribution in [0.4, 0.5) is 0 Å². The molecule has 28 heavy (non-hydrogen) atoms. The molecule has 2 fully saturated rings. The molecule has 1 aromatic carbocycles. The van der Waals surface area contributed by atoms with Gasteiger partial charge in [0.15, 0.2) is 6.61 Å². The van der Waals surface area contributed by atoms with Crippen molar-refractivity contribution in [1.29, 1.82) is 0 Å². The van der Waals surface area contributed by atoms with E-state index in [1.807, 2.05) is 0 Å². The zero-order valence-electron chi connectivity index (χ0n) is 15.5. The fraction of sp³-hybridized carbons (Fsp3) is 0.500. The molecule has 0 radical (unpaired) electrons. The Bertz CT molecular complexity index is 866. The SMILES string of the molecule is COc1ccc(S(=O)(=O)N2CCC[C@H]2C(=O)OCC(=O)N2CCCC2=O)cc1. The van der Waals surface area contributed by atoms with Crippen LogP contribution >= 0.6 is 0 Å². The van der Waals surface area contributed by atoms with Gasteiger partial charge in [0.2, 0.25) is 15.9 Å². The number of methoxy groups -OCH3 is 1. The Morgan fingerprint density at radius 3 is 2.46 bits per heavy atom. The molecule has 2 heterocycles. The molecular formula is C18H22N2O7S. The first-order chi connectivity index (χ1) is 13.3. The van der Waals surface area contributed by atoms with Crippen LogP contribution in [0, 0.1) is 0 Å². The van der Waals surface area contributed by atoms with Gasteiger partial charge in [-0.15, -0.1) is 0 Å². The van der Waals surface area contributed by atoms with Crippen molar-refractivity contribution in [1.82, 2.24) is 9.21 Å². The number of hydrogen-bond acceptors (Lipinski definition) is 7. The van der Waals surface area contributed by atoms with Crippen molar-refractivity contribution < 1.29 is 32.3 Å². The molecule has 2 amide bonds. The third kappa shape index (κ3) is 4.02. The highest BCUT2D eigenvalue weighted by Crippen LogP contribution is 2.28. The molecule has 1 atom stereocenters. The highest BCUT2D eigenvalue weighted by atomic mass is 32.2. The average molecular weight is 410 g/mol. The summed E-state index contributed by atoms with van der Waals surface area (Å²) in [6, 6.07) is 4.90. The summed E-state index contributed by atoms with van der Waals surface area (Å²) >= 11 is 0. The van der Waals surface area contributed by atoms with E-state index in [4.69, 9.17) is 9.47 Å². The van der Waals surface area contributed by atoms with E-state index in [9.17, 15) is 22.8 Å². The van der Waals surface area contributed by atoms with Gasteiger partial charge in [-0.3, -0.25) is 19.3 Å². The minimum atomic E-state index is -3.89. The first-order valence-electron chi connectivity index (χ1n) is 9.00. The van der Waals surface area contributed by atoms with Gasteiger partial charge < -0.3 is 9.47 Å². The number of benzene rings is 1. The fourth-order valence-corrected chi connectivity index (χ4v) is 5.01. The minimum Gasteiger partial charge on any atom is -0.497 e. The van der Waals surface area contributed by atoms with Crippen molar-refractivity contribution in [2.24, 2.45) is 0 Å². The number of sulfonamides is 1. The van der Waals surface area contributed by atoms with E-state index >= 15 is 0 Å². The largest absolute Gasteiger partial charge is 0.497 e. The summed E-state index contributed by atoms with van der Waals surface area (Å²) in [4.78, 5) is 37.1. The van der Waals surface area contributed by atoms with Crippen LogP contribution in [0.3, 0.4) is 0 Å². The third-order valence-electron chi connectivity index (χ3n) is 4.85. The number of hydrogen-bond donors (Lipinski definition) is 0. The number of esters is 1. The van der Waals surface area contributed by atoms with Crippen LogP contribution in [0.15, 0.2) is 29.2 Å². The van der Waals surface area contributed by atoms with Crippen LogP contribution < -0.4 is 4.74 Å². The molecule has 0 unspecified atom stereocenters. The number of carbonyl (C=O) groups excluding carboxylic acids is 3. The predicted octanol–water partition coefficient (Wildman–Crippen LogP) is 0.540. The molecule has 152 valence electrons. The Kier molecular flexibility index (Phi) is 5.99. The van der Waals surface area contributed by atoms with E-state index < -0.39 is 34.5 Å². The molecule has 3 rings (SSSR count). The molecule has 10 heteroatoms. The quantitative estimate of drug-likeness (QED) is 0.630. The highest BCUT2D eigenvalue weighted by molar-refractivity contribution is 7.89. The van der Waals surface area contributed by atoms with E-state index in [1.165, 1.54) is 31.4 Å². The van der Waals surface area contributed by atoms with E-state index in [-0.39, 0.29) is 17.3 Å². The number of likely N-dealkylation sites (tertiary alicyclic amines) is 1. The lowest BCUT2D eigenvalue weighted by molar-refractivity contribution is -0.156. The van der Waals surface area contributed by atoms with E-state index in [1.54, 1.807) is 0 Å². The number of ether oxygens (including phenoxy) is 2. The van der Waals surface area contributed by atoms with Crippen molar-refractivity contribution in [3.8, 4) is 5.75 Å². The molecule has 2 aliphatic heterocycles. The number of amides is 2. The van der Waals surface area contributed by atoms with Gasteiger partial charge in [0, 0.05) is 19.5 Å². The molecule has 0 saturated carbocycles. The normalized spacial score (nSPS) is 20.4. The molecule has 0 N–H and O–H groups in total. The van der Waals surface area contributed by atoms with Crippen molar-refractivity contribution in [3.05, 3.63) is 24.3 Å². The van der Waals surface area contributed by atoms with Crippen LogP contribution in [0.2, 0.25) is 0 Å². The lowest BCUT2D eigenvalue weighted by Crippen LogP contribution is -2.43.